The summed E-state index contributed by atoms with van der Waals surface area (Å²) in [6.07, 6.45) is 1.71. The lowest BCUT2D eigenvalue weighted by Crippen LogP contribution is -2.31. The summed E-state index contributed by atoms with van der Waals surface area (Å²) in [6.45, 7) is 1.50. The molecule has 0 saturated heterocycles. The molecule has 5 rings (SSSR count). The van der Waals surface area contributed by atoms with Crippen LogP contribution < -0.4 is 28.4 Å². The van der Waals surface area contributed by atoms with Crippen molar-refractivity contribution >= 4 is 11.9 Å². The topological polar surface area (TPSA) is 75.7 Å². The van der Waals surface area contributed by atoms with E-state index in [9.17, 15) is 4.79 Å². The zero-order valence-corrected chi connectivity index (χ0v) is 20.6. The third-order valence-electron chi connectivity index (χ3n) is 6.24. The van der Waals surface area contributed by atoms with E-state index < -0.39 is 0 Å². The number of hydrogen-bond donors (Lipinski definition) is 0. The van der Waals surface area contributed by atoms with Crippen molar-refractivity contribution in [1.82, 2.24) is 4.90 Å². The summed E-state index contributed by atoms with van der Waals surface area (Å²) < 4.78 is 34.0. The third kappa shape index (κ3) is 4.20. The minimum Gasteiger partial charge on any atom is -0.496 e. The van der Waals surface area contributed by atoms with Gasteiger partial charge in [0.05, 0.1) is 39.6 Å². The van der Waals surface area contributed by atoms with Crippen molar-refractivity contribution in [1.29, 1.82) is 0 Å². The highest BCUT2D eigenvalue weighted by atomic mass is 16.5. The number of carbonyl (C=O) groups excluding carboxylic acids is 1. The van der Waals surface area contributed by atoms with Crippen LogP contribution in [0.3, 0.4) is 0 Å². The van der Waals surface area contributed by atoms with Crippen molar-refractivity contribution in [2.45, 2.75) is 13.1 Å². The molecule has 36 heavy (non-hydrogen) atoms. The molecule has 186 valence electrons. The number of carbonyl (C=O) groups is 1. The molecular weight excluding hydrogens is 462 g/mol. The number of hydrogen-bond acceptors (Lipinski definition) is 8. The van der Waals surface area contributed by atoms with Gasteiger partial charge in [-0.25, -0.2) is 0 Å². The highest BCUT2D eigenvalue weighted by Gasteiger charge is 2.34. The number of ketones is 1. The largest absolute Gasteiger partial charge is 0.496 e. The number of nitrogens with zero attached hydrogens (tertiary/aromatic N) is 1. The van der Waals surface area contributed by atoms with Crippen LogP contribution in [0.2, 0.25) is 0 Å². The van der Waals surface area contributed by atoms with Gasteiger partial charge in [-0.15, -0.1) is 0 Å². The number of Topliss-reactive ketones (excluding diaryl/α,β-unsaturated/α-hetero) is 1. The van der Waals surface area contributed by atoms with E-state index >= 15 is 0 Å². The number of para-hydroxylation sites is 1. The number of methoxy groups -OCH3 is 4. The van der Waals surface area contributed by atoms with Gasteiger partial charge in [0.1, 0.15) is 24.0 Å². The quantitative estimate of drug-likeness (QED) is 0.443. The maximum atomic E-state index is 13.1. The van der Waals surface area contributed by atoms with Crippen LogP contribution in [0.1, 0.15) is 27.0 Å². The van der Waals surface area contributed by atoms with Crippen LogP contribution >= 0.6 is 0 Å². The van der Waals surface area contributed by atoms with Gasteiger partial charge in [0.25, 0.3) is 0 Å². The van der Waals surface area contributed by atoms with Gasteiger partial charge in [0.2, 0.25) is 11.5 Å². The van der Waals surface area contributed by atoms with Gasteiger partial charge in [0, 0.05) is 18.7 Å². The Labute approximate surface area is 209 Å². The highest BCUT2D eigenvalue weighted by Crippen LogP contribution is 2.43. The molecule has 2 aliphatic heterocycles. The van der Waals surface area contributed by atoms with Crippen LogP contribution in [0.4, 0.5) is 0 Å². The Kier molecular flexibility index (Phi) is 6.43. The van der Waals surface area contributed by atoms with Gasteiger partial charge in [-0.3, -0.25) is 9.69 Å². The molecule has 0 atom stereocenters. The van der Waals surface area contributed by atoms with E-state index in [1.807, 2.05) is 42.5 Å². The van der Waals surface area contributed by atoms with E-state index in [1.165, 1.54) is 0 Å². The number of allylic oxidation sites excluding steroid dienone is 1. The van der Waals surface area contributed by atoms with E-state index in [0.29, 0.717) is 59.9 Å². The Bertz CT molecular complexity index is 1320. The summed E-state index contributed by atoms with van der Waals surface area (Å²) in [6, 6.07) is 14.9. The first-order valence-corrected chi connectivity index (χ1v) is 11.4. The summed E-state index contributed by atoms with van der Waals surface area (Å²) in [7, 11) is 6.36. The number of benzene rings is 3. The molecule has 0 bridgehead atoms. The molecule has 0 unspecified atom stereocenters. The maximum absolute atomic E-state index is 13.1. The smallest absolute Gasteiger partial charge is 0.231 e. The average molecular weight is 490 g/mol. The van der Waals surface area contributed by atoms with Crippen LogP contribution in [-0.4, -0.2) is 45.9 Å². The monoisotopic (exact) mass is 489 g/mol. The molecular formula is C28H27NO7. The summed E-state index contributed by atoms with van der Waals surface area (Å²) in [5.41, 5.74) is 3.10. The van der Waals surface area contributed by atoms with Crippen molar-refractivity contribution in [3.63, 3.8) is 0 Å². The van der Waals surface area contributed by atoms with Crippen molar-refractivity contribution in [3.05, 3.63) is 76.5 Å². The van der Waals surface area contributed by atoms with Crippen LogP contribution in [0, 0.1) is 0 Å². The normalized spacial score (nSPS) is 15.6. The maximum Gasteiger partial charge on any atom is 0.231 e. The second-order valence-corrected chi connectivity index (χ2v) is 8.39. The molecule has 0 fully saturated rings. The number of fused-ring (bicyclic) bond motifs is 3. The van der Waals surface area contributed by atoms with Crippen LogP contribution in [0.15, 0.2) is 54.3 Å². The van der Waals surface area contributed by atoms with Crippen molar-refractivity contribution in [3.8, 4) is 34.5 Å². The molecule has 3 aromatic rings. The molecule has 8 nitrogen and oxygen atoms in total. The van der Waals surface area contributed by atoms with Crippen LogP contribution in [-0.2, 0) is 13.1 Å². The summed E-state index contributed by atoms with van der Waals surface area (Å²) in [4.78, 5) is 15.2. The lowest BCUT2D eigenvalue weighted by molar-refractivity contribution is 0.0871. The number of rotatable bonds is 7. The van der Waals surface area contributed by atoms with E-state index in [1.54, 1.807) is 40.6 Å². The van der Waals surface area contributed by atoms with Gasteiger partial charge in [-0.1, -0.05) is 18.2 Å². The Balaban J connectivity index is 1.42. The van der Waals surface area contributed by atoms with Crippen LogP contribution in [0.25, 0.3) is 6.08 Å². The summed E-state index contributed by atoms with van der Waals surface area (Å²) >= 11 is 0. The first kappa shape index (κ1) is 23.6. The molecule has 0 spiro atoms. The fourth-order valence-electron chi connectivity index (χ4n) is 4.52. The molecule has 0 saturated carbocycles. The molecule has 2 aliphatic rings. The minimum absolute atomic E-state index is 0.166. The molecule has 3 aromatic carbocycles. The molecule has 0 amide bonds. The number of ether oxygens (including phenoxy) is 6. The highest BCUT2D eigenvalue weighted by molar-refractivity contribution is 6.15. The van der Waals surface area contributed by atoms with Gasteiger partial charge in [0.15, 0.2) is 17.3 Å². The minimum atomic E-state index is -0.166. The zero-order valence-electron chi connectivity index (χ0n) is 20.6. The van der Waals surface area contributed by atoms with Gasteiger partial charge < -0.3 is 28.4 Å². The van der Waals surface area contributed by atoms with E-state index in [0.717, 1.165) is 16.7 Å². The Morgan fingerprint density at radius 1 is 0.917 bits per heavy atom. The predicted molar refractivity (Wildman–Crippen MR) is 133 cm³/mol. The first-order chi connectivity index (χ1) is 17.6. The van der Waals surface area contributed by atoms with Crippen molar-refractivity contribution in [2.75, 3.05) is 35.2 Å². The van der Waals surface area contributed by atoms with Gasteiger partial charge in [-0.05, 0) is 42.0 Å². The Hall–Kier alpha value is -4.17. The van der Waals surface area contributed by atoms with Crippen LogP contribution in [0.5, 0.6) is 34.5 Å². The van der Waals surface area contributed by atoms with Gasteiger partial charge >= 0.3 is 0 Å². The molecule has 0 aliphatic carbocycles. The van der Waals surface area contributed by atoms with E-state index in [2.05, 4.69) is 4.90 Å². The second-order valence-electron chi connectivity index (χ2n) is 8.39. The average Bonchev–Trinajstić information content (AvgIpc) is 3.23. The SMILES string of the molecule is COc1ccccc1/C=C1\Oc2c(ccc3c2CN(Cc2cc(OC)c(OC)c(OC)c2)CO3)C1=O. The van der Waals surface area contributed by atoms with E-state index in [-0.39, 0.29) is 11.5 Å². The Morgan fingerprint density at radius 3 is 2.33 bits per heavy atom. The van der Waals surface area contributed by atoms with Gasteiger partial charge in [-0.2, -0.15) is 0 Å². The molecule has 8 heteroatoms. The molecule has 2 heterocycles. The molecule has 0 radical (unpaired) electrons. The fraction of sp³-hybridized carbons (Fsp3) is 0.250. The molecule has 0 aromatic heterocycles. The zero-order chi connectivity index (χ0) is 25.2. The second kappa shape index (κ2) is 9.83. The standard InChI is InChI=1S/C28H27NO7/c1-31-21-8-6-5-7-18(21)13-23-26(30)19-9-10-22-20(27(19)36-23)15-29(16-35-22)14-17-11-24(32-2)28(34-4)25(12-17)33-3/h5-13H,14-16H2,1-4H3/b23-13-. The lowest BCUT2D eigenvalue weighted by Gasteiger charge is -2.30. The van der Waals surface area contributed by atoms with Crippen molar-refractivity contribution < 1.29 is 33.2 Å². The van der Waals surface area contributed by atoms with Crippen molar-refractivity contribution in [2.24, 2.45) is 0 Å². The Morgan fingerprint density at radius 2 is 1.64 bits per heavy atom. The summed E-state index contributed by atoms with van der Waals surface area (Å²) in [5.74, 6) is 3.72. The first-order valence-electron chi connectivity index (χ1n) is 11.4. The van der Waals surface area contributed by atoms with E-state index in [4.69, 9.17) is 28.4 Å². The third-order valence-corrected chi connectivity index (χ3v) is 6.24. The molecule has 0 N–H and O–H groups in total. The fourth-order valence-corrected chi connectivity index (χ4v) is 4.52. The summed E-state index contributed by atoms with van der Waals surface area (Å²) in [5, 5.41) is 0. The predicted octanol–water partition coefficient (Wildman–Crippen LogP) is 4.69. The lowest BCUT2D eigenvalue weighted by atomic mass is 10.0.